The molecule has 0 saturated heterocycles. The summed E-state index contributed by atoms with van der Waals surface area (Å²) in [4.78, 5) is 25.7. The summed E-state index contributed by atoms with van der Waals surface area (Å²) in [5, 5.41) is 2.78. The molecule has 0 spiro atoms. The van der Waals surface area contributed by atoms with Crippen LogP contribution in [0.3, 0.4) is 0 Å². The van der Waals surface area contributed by atoms with Gasteiger partial charge in [0.15, 0.2) is 18.0 Å². The molecule has 1 heterocycles. The maximum Gasteiger partial charge on any atom is 0.311 e. The van der Waals surface area contributed by atoms with Gasteiger partial charge in [0.05, 0.1) is 27.9 Å². The van der Waals surface area contributed by atoms with Crippen molar-refractivity contribution in [2.45, 2.75) is 18.9 Å². The number of ether oxygens (including phenoxy) is 3. The first-order valence-corrected chi connectivity index (χ1v) is 9.66. The highest BCUT2D eigenvalue weighted by Gasteiger charge is 2.35. The highest BCUT2D eigenvalue weighted by molar-refractivity contribution is 5.91. The van der Waals surface area contributed by atoms with E-state index in [1.165, 1.54) is 31.4 Å². The van der Waals surface area contributed by atoms with Crippen LogP contribution in [0.5, 0.6) is 11.5 Å². The number of hydrogen-bond donors (Lipinski definition) is 2. The molecule has 1 amide bonds. The van der Waals surface area contributed by atoms with Gasteiger partial charge in [0, 0.05) is 17.7 Å². The Kier molecular flexibility index (Phi) is 6.89. The zero-order chi connectivity index (χ0) is 21.7. The number of carbonyl (C=O) groups excluding carboxylic acids is 2. The van der Waals surface area contributed by atoms with E-state index in [-0.39, 0.29) is 36.7 Å². The molecule has 1 unspecified atom stereocenters. The van der Waals surface area contributed by atoms with Gasteiger partial charge in [0.2, 0.25) is 0 Å². The summed E-state index contributed by atoms with van der Waals surface area (Å²) in [5.41, 5.74) is 2.52. The minimum Gasteiger partial charge on any atom is -0.493 e. The minimum absolute atomic E-state index is 0.137. The van der Waals surface area contributed by atoms with Crippen LogP contribution < -0.4 is 19.7 Å². The number of methoxy groups -OCH3 is 3. The molecule has 1 aliphatic heterocycles. The van der Waals surface area contributed by atoms with Gasteiger partial charge in [-0.2, -0.15) is 0 Å². The molecule has 30 heavy (non-hydrogen) atoms. The summed E-state index contributed by atoms with van der Waals surface area (Å²) in [6.07, 6.45) is 0.866. The molecule has 0 fully saturated rings. The van der Waals surface area contributed by atoms with Crippen LogP contribution in [-0.4, -0.2) is 46.3 Å². The molecule has 160 valence electrons. The van der Waals surface area contributed by atoms with Gasteiger partial charge in [-0.05, 0) is 42.0 Å². The lowest BCUT2D eigenvalue weighted by molar-refractivity contribution is -0.925. The second kappa shape index (κ2) is 9.58. The van der Waals surface area contributed by atoms with Crippen LogP contribution in [0, 0.1) is 5.82 Å². The molecule has 2 N–H and O–H groups in total. The number of anilines is 1. The smallest absolute Gasteiger partial charge is 0.311 e. The minimum atomic E-state index is -0.367. The van der Waals surface area contributed by atoms with E-state index in [2.05, 4.69) is 5.32 Å². The number of rotatable bonds is 7. The van der Waals surface area contributed by atoms with Crippen LogP contribution in [-0.2, 0) is 20.7 Å². The fourth-order valence-electron chi connectivity index (χ4n) is 3.83. The first-order valence-electron chi connectivity index (χ1n) is 9.66. The van der Waals surface area contributed by atoms with Crippen molar-refractivity contribution in [3.63, 3.8) is 0 Å². The van der Waals surface area contributed by atoms with Crippen LogP contribution in [0.15, 0.2) is 36.4 Å². The van der Waals surface area contributed by atoms with Crippen molar-refractivity contribution in [2.24, 2.45) is 0 Å². The summed E-state index contributed by atoms with van der Waals surface area (Å²) in [5.74, 6) is 0.275. The molecule has 2 aromatic carbocycles. The second-order valence-corrected chi connectivity index (χ2v) is 7.13. The Morgan fingerprint density at radius 2 is 1.77 bits per heavy atom. The van der Waals surface area contributed by atoms with Gasteiger partial charge >= 0.3 is 5.97 Å². The molecule has 2 aromatic rings. The third kappa shape index (κ3) is 4.88. The van der Waals surface area contributed by atoms with Gasteiger partial charge in [0.25, 0.3) is 5.91 Å². The monoisotopic (exact) mass is 417 g/mol. The zero-order valence-corrected chi connectivity index (χ0v) is 17.3. The van der Waals surface area contributed by atoms with E-state index in [0.717, 1.165) is 22.4 Å². The van der Waals surface area contributed by atoms with Crippen LogP contribution in [0.25, 0.3) is 0 Å². The van der Waals surface area contributed by atoms with E-state index in [4.69, 9.17) is 14.2 Å². The van der Waals surface area contributed by atoms with E-state index in [1.54, 1.807) is 14.2 Å². The summed E-state index contributed by atoms with van der Waals surface area (Å²) in [6.45, 7) is 0.827. The molecular weight excluding hydrogens is 391 g/mol. The highest BCUT2D eigenvalue weighted by Crippen LogP contribution is 2.35. The molecule has 2 atom stereocenters. The van der Waals surface area contributed by atoms with E-state index >= 15 is 0 Å². The van der Waals surface area contributed by atoms with E-state index in [9.17, 15) is 14.0 Å². The van der Waals surface area contributed by atoms with Crippen molar-refractivity contribution in [2.75, 3.05) is 39.7 Å². The van der Waals surface area contributed by atoms with Crippen molar-refractivity contribution in [3.8, 4) is 11.5 Å². The number of halogens is 1. The number of esters is 1. The largest absolute Gasteiger partial charge is 0.493 e. The normalized spacial score (nSPS) is 17.6. The number of amides is 1. The van der Waals surface area contributed by atoms with Crippen LogP contribution >= 0.6 is 0 Å². The molecule has 0 bridgehead atoms. The van der Waals surface area contributed by atoms with Crippen LogP contribution in [0.1, 0.15) is 23.6 Å². The number of fused-ring (bicyclic) bond motifs is 1. The first-order chi connectivity index (χ1) is 14.4. The molecule has 1 aliphatic rings. The second-order valence-electron chi connectivity index (χ2n) is 7.13. The quantitative estimate of drug-likeness (QED) is 0.668. The van der Waals surface area contributed by atoms with Crippen LogP contribution in [0.2, 0.25) is 0 Å². The average molecular weight is 417 g/mol. The summed E-state index contributed by atoms with van der Waals surface area (Å²) in [6, 6.07) is 9.14. The Hall–Kier alpha value is -3.13. The predicted octanol–water partition coefficient (Wildman–Crippen LogP) is 1.53. The Bertz CT molecular complexity index is 916. The Morgan fingerprint density at radius 1 is 1.10 bits per heavy atom. The van der Waals surface area contributed by atoms with Crippen molar-refractivity contribution in [3.05, 3.63) is 53.3 Å². The summed E-state index contributed by atoms with van der Waals surface area (Å²) >= 11 is 0. The molecule has 3 rings (SSSR count). The van der Waals surface area contributed by atoms with E-state index < -0.39 is 0 Å². The Morgan fingerprint density at radius 3 is 2.40 bits per heavy atom. The highest BCUT2D eigenvalue weighted by atomic mass is 19.1. The van der Waals surface area contributed by atoms with Crippen molar-refractivity contribution in [1.29, 1.82) is 0 Å². The Labute approximate surface area is 174 Å². The van der Waals surface area contributed by atoms with Gasteiger partial charge in [-0.15, -0.1) is 0 Å². The number of quaternary nitrogens is 1. The zero-order valence-electron chi connectivity index (χ0n) is 17.3. The average Bonchev–Trinajstić information content (AvgIpc) is 2.75. The summed E-state index contributed by atoms with van der Waals surface area (Å²) < 4.78 is 28.8. The van der Waals surface area contributed by atoms with Crippen molar-refractivity contribution < 1.29 is 33.1 Å². The molecule has 0 radical (unpaired) electrons. The lowest BCUT2D eigenvalue weighted by Gasteiger charge is -2.34. The lowest BCUT2D eigenvalue weighted by Crippen LogP contribution is -3.14. The fraction of sp³-hybridized carbons (Fsp3) is 0.364. The van der Waals surface area contributed by atoms with Crippen molar-refractivity contribution in [1.82, 2.24) is 0 Å². The third-order valence-corrected chi connectivity index (χ3v) is 5.34. The summed E-state index contributed by atoms with van der Waals surface area (Å²) in [7, 11) is 4.49. The molecule has 8 heteroatoms. The molecule has 0 aromatic heterocycles. The lowest BCUT2D eigenvalue weighted by atomic mass is 9.90. The number of carbonyl (C=O) groups is 2. The number of hydrogen-bond acceptors (Lipinski definition) is 5. The van der Waals surface area contributed by atoms with Gasteiger partial charge in [-0.25, -0.2) is 4.39 Å². The molecule has 7 nitrogen and oxygen atoms in total. The van der Waals surface area contributed by atoms with E-state index in [1.807, 2.05) is 12.1 Å². The number of benzene rings is 2. The topological polar surface area (TPSA) is 78.3 Å². The third-order valence-electron chi connectivity index (χ3n) is 5.34. The molecule has 0 aliphatic carbocycles. The maximum absolute atomic E-state index is 13.1. The van der Waals surface area contributed by atoms with Gasteiger partial charge < -0.3 is 24.4 Å². The molecular formula is C22H26FN2O5+. The maximum atomic E-state index is 13.1. The SMILES string of the molecule is COC(=O)C[C@@H]1c2cc(OC)c(OC)cc2CC[NH+]1CC(=O)Nc1ccc(F)cc1. The first kappa shape index (κ1) is 21.6. The standard InChI is InChI=1S/C22H25FN2O5/c1-28-19-10-14-8-9-25(13-21(26)24-16-6-4-15(23)5-7-16)18(12-22(27)30-3)17(14)11-20(19)29-2/h4-7,10-11,18H,8-9,12-13H2,1-3H3,(H,24,26)/p+1/t18-/m1/s1. The fourth-order valence-corrected chi connectivity index (χ4v) is 3.83. The number of nitrogens with one attached hydrogen (secondary N) is 2. The predicted molar refractivity (Wildman–Crippen MR) is 108 cm³/mol. The van der Waals surface area contributed by atoms with Crippen molar-refractivity contribution >= 4 is 17.6 Å². The Balaban J connectivity index is 1.84. The van der Waals surface area contributed by atoms with Gasteiger partial charge in [-0.1, -0.05) is 0 Å². The van der Waals surface area contributed by atoms with Crippen LogP contribution in [0.4, 0.5) is 10.1 Å². The van der Waals surface area contributed by atoms with Gasteiger partial charge in [0.1, 0.15) is 18.3 Å². The van der Waals surface area contributed by atoms with Gasteiger partial charge in [-0.3, -0.25) is 9.59 Å². The van der Waals surface area contributed by atoms with E-state index in [0.29, 0.717) is 23.7 Å². The molecule has 0 saturated carbocycles.